The fourth-order valence-electron chi connectivity index (χ4n) is 2.37. The molecule has 1 N–H and O–H groups in total. The molecular formula is C17H10BrCl3N2O. The van der Waals surface area contributed by atoms with E-state index in [4.69, 9.17) is 34.8 Å². The number of aromatic nitrogens is 1. The summed E-state index contributed by atoms with van der Waals surface area (Å²) in [6.07, 6.45) is 0. The van der Waals surface area contributed by atoms with Gasteiger partial charge in [0.25, 0.3) is 5.91 Å². The predicted molar refractivity (Wildman–Crippen MR) is 104 cm³/mol. The van der Waals surface area contributed by atoms with Crippen LogP contribution in [-0.2, 0) is 0 Å². The summed E-state index contributed by atoms with van der Waals surface area (Å²) in [7, 11) is 0. The molecule has 0 bridgehead atoms. The van der Waals surface area contributed by atoms with Crippen molar-refractivity contribution in [3.63, 3.8) is 0 Å². The number of hydrogen-bond donors (Lipinski definition) is 1. The Balaban J connectivity index is 2.12. The SMILES string of the molecule is Cc1c(Cl)nc2ccc(Br)cc2c1C(=O)Nc1ccc(Cl)cc1Cl. The van der Waals surface area contributed by atoms with E-state index in [0.29, 0.717) is 37.8 Å². The lowest BCUT2D eigenvalue weighted by atomic mass is 10.0. The molecule has 1 heterocycles. The van der Waals surface area contributed by atoms with Crippen molar-refractivity contribution in [1.29, 1.82) is 0 Å². The molecule has 0 atom stereocenters. The van der Waals surface area contributed by atoms with Crippen molar-refractivity contribution in [3.8, 4) is 0 Å². The topological polar surface area (TPSA) is 42.0 Å². The van der Waals surface area contributed by atoms with Crippen LogP contribution < -0.4 is 5.32 Å². The van der Waals surface area contributed by atoms with Crippen LogP contribution in [0.4, 0.5) is 5.69 Å². The number of hydrogen-bond acceptors (Lipinski definition) is 2. The zero-order valence-electron chi connectivity index (χ0n) is 12.3. The Morgan fingerprint density at radius 2 is 1.88 bits per heavy atom. The summed E-state index contributed by atoms with van der Waals surface area (Å²) in [6, 6.07) is 10.4. The van der Waals surface area contributed by atoms with E-state index in [2.05, 4.69) is 26.2 Å². The molecule has 122 valence electrons. The van der Waals surface area contributed by atoms with Crippen molar-refractivity contribution in [2.24, 2.45) is 0 Å². The van der Waals surface area contributed by atoms with E-state index in [1.807, 2.05) is 12.1 Å². The van der Waals surface area contributed by atoms with Gasteiger partial charge in [-0.1, -0.05) is 50.7 Å². The van der Waals surface area contributed by atoms with E-state index in [0.717, 1.165) is 4.47 Å². The summed E-state index contributed by atoms with van der Waals surface area (Å²) in [5, 5.41) is 4.65. The molecule has 0 aliphatic rings. The first kappa shape index (κ1) is 17.5. The van der Waals surface area contributed by atoms with Gasteiger partial charge in [0.1, 0.15) is 5.15 Å². The molecule has 3 rings (SSSR count). The molecule has 24 heavy (non-hydrogen) atoms. The number of nitrogens with zero attached hydrogens (tertiary/aromatic N) is 1. The van der Waals surface area contributed by atoms with Crippen LogP contribution in [0.5, 0.6) is 0 Å². The van der Waals surface area contributed by atoms with Crippen LogP contribution in [0.1, 0.15) is 15.9 Å². The maximum Gasteiger partial charge on any atom is 0.256 e. The Hall–Kier alpha value is -1.33. The minimum Gasteiger partial charge on any atom is -0.321 e. The largest absolute Gasteiger partial charge is 0.321 e. The van der Waals surface area contributed by atoms with Gasteiger partial charge in [0.2, 0.25) is 0 Å². The maximum absolute atomic E-state index is 12.8. The third-order valence-electron chi connectivity index (χ3n) is 3.54. The number of benzene rings is 2. The number of amides is 1. The van der Waals surface area contributed by atoms with Crippen molar-refractivity contribution in [3.05, 3.63) is 67.2 Å². The summed E-state index contributed by atoms with van der Waals surface area (Å²) >= 11 is 21.6. The summed E-state index contributed by atoms with van der Waals surface area (Å²) < 4.78 is 0.845. The van der Waals surface area contributed by atoms with Gasteiger partial charge in [0.15, 0.2) is 0 Å². The van der Waals surface area contributed by atoms with E-state index in [-0.39, 0.29) is 11.1 Å². The lowest BCUT2D eigenvalue weighted by Crippen LogP contribution is -2.15. The Kier molecular flexibility index (Phi) is 5.02. The van der Waals surface area contributed by atoms with Gasteiger partial charge in [-0.05, 0) is 48.9 Å². The number of anilines is 1. The second kappa shape index (κ2) is 6.89. The highest BCUT2D eigenvalue weighted by atomic mass is 79.9. The molecule has 0 saturated carbocycles. The van der Waals surface area contributed by atoms with Gasteiger partial charge >= 0.3 is 0 Å². The first-order chi connectivity index (χ1) is 11.4. The van der Waals surface area contributed by atoms with E-state index < -0.39 is 0 Å². The zero-order chi connectivity index (χ0) is 17.4. The Morgan fingerprint density at radius 1 is 1.12 bits per heavy atom. The van der Waals surface area contributed by atoms with Crippen LogP contribution in [0.2, 0.25) is 15.2 Å². The molecule has 0 saturated heterocycles. The number of nitrogens with one attached hydrogen (secondary N) is 1. The maximum atomic E-state index is 12.8. The van der Waals surface area contributed by atoms with Gasteiger partial charge in [-0.3, -0.25) is 4.79 Å². The minimum atomic E-state index is -0.316. The molecule has 2 aromatic carbocycles. The van der Waals surface area contributed by atoms with Crippen LogP contribution in [0, 0.1) is 6.92 Å². The summed E-state index contributed by atoms with van der Waals surface area (Å²) in [6.45, 7) is 1.76. The summed E-state index contributed by atoms with van der Waals surface area (Å²) in [5.41, 5.74) is 2.17. The average Bonchev–Trinajstić information content (AvgIpc) is 2.52. The summed E-state index contributed by atoms with van der Waals surface area (Å²) in [4.78, 5) is 17.2. The molecule has 0 radical (unpaired) electrons. The molecule has 0 unspecified atom stereocenters. The number of halogens is 4. The first-order valence-corrected chi connectivity index (χ1v) is 8.81. The smallest absolute Gasteiger partial charge is 0.256 e. The van der Waals surface area contributed by atoms with Crippen LogP contribution in [0.3, 0.4) is 0 Å². The van der Waals surface area contributed by atoms with Crippen LogP contribution in [-0.4, -0.2) is 10.9 Å². The molecule has 0 aliphatic heterocycles. The Labute approximate surface area is 162 Å². The van der Waals surface area contributed by atoms with Gasteiger partial charge < -0.3 is 5.32 Å². The molecule has 0 aliphatic carbocycles. The number of carbonyl (C=O) groups excluding carboxylic acids is 1. The number of rotatable bonds is 2. The molecule has 7 heteroatoms. The molecule has 1 aromatic heterocycles. The van der Waals surface area contributed by atoms with Crippen molar-refractivity contribution in [1.82, 2.24) is 4.98 Å². The van der Waals surface area contributed by atoms with E-state index >= 15 is 0 Å². The lowest BCUT2D eigenvalue weighted by Gasteiger charge is -2.13. The van der Waals surface area contributed by atoms with Crippen molar-refractivity contribution < 1.29 is 4.79 Å². The third kappa shape index (κ3) is 3.38. The van der Waals surface area contributed by atoms with Crippen LogP contribution in [0.15, 0.2) is 40.9 Å². The predicted octanol–water partition coefficient (Wildman–Crippen LogP) is 6.52. The van der Waals surface area contributed by atoms with Crippen molar-refractivity contribution in [2.75, 3.05) is 5.32 Å². The molecule has 0 spiro atoms. The quantitative estimate of drug-likeness (QED) is 0.457. The first-order valence-electron chi connectivity index (χ1n) is 6.88. The van der Waals surface area contributed by atoms with Gasteiger partial charge in [-0.15, -0.1) is 0 Å². The van der Waals surface area contributed by atoms with Gasteiger partial charge in [-0.2, -0.15) is 0 Å². The van der Waals surface area contributed by atoms with E-state index in [1.54, 1.807) is 31.2 Å². The number of carbonyl (C=O) groups is 1. The van der Waals surface area contributed by atoms with Crippen molar-refractivity contribution in [2.45, 2.75) is 6.92 Å². The molecule has 3 aromatic rings. The van der Waals surface area contributed by atoms with E-state index in [1.165, 1.54) is 0 Å². The molecule has 1 amide bonds. The van der Waals surface area contributed by atoms with Gasteiger partial charge in [0.05, 0.1) is 21.8 Å². The third-order valence-corrected chi connectivity index (χ3v) is 4.95. The fraction of sp³-hybridized carbons (Fsp3) is 0.0588. The Bertz CT molecular complexity index is 976. The molecule has 3 nitrogen and oxygen atoms in total. The lowest BCUT2D eigenvalue weighted by molar-refractivity contribution is 0.102. The highest BCUT2D eigenvalue weighted by Crippen LogP contribution is 2.30. The second-order valence-electron chi connectivity index (χ2n) is 5.14. The minimum absolute atomic E-state index is 0.289. The summed E-state index contributed by atoms with van der Waals surface area (Å²) in [5.74, 6) is -0.316. The molecule has 0 fully saturated rings. The highest BCUT2D eigenvalue weighted by molar-refractivity contribution is 9.10. The van der Waals surface area contributed by atoms with Gasteiger partial charge in [0, 0.05) is 14.9 Å². The monoisotopic (exact) mass is 442 g/mol. The highest BCUT2D eigenvalue weighted by Gasteiger charge is 2.18. The normalized spacial score (nSPS) is 10.9. The molecular weight excluding hydrogens is 434 g/mol. The zero-order valence-corrected chi connectivity index (χ0v) is 16.2. The second-order valence-corrected chi connectivity index (χ2v) is 7.26. The number of pyridine rings is 1. The Morgan fingerprint density at radius 3 is 2.58 bits per heavy atom. The standard InChI is InChI=1S/C17H10BrCl3N2O/c1-8-15(11-6-9(18)2-4-13(11)22-16(8)21)17(24)23-14-5-3-10(19)7-12(14)20/h2-7H,1H3,(H,23,24). The van der Waals surface area contributed by atoms with Crippen LogP contribution >= 0.6 is 50.7 Å². The number of fused-ring (bicyclic) bond motifs is 1. The average molecular weight is 445 g/mol. The van der Waals surface area contributed by atoms with E-state index in [9.17, 15) is 4.79 Å². The van der Waals surface area contributed by atoms with Gasteiger partial charge in [-0.25, -0.2) is 4.98 Å². The van der Waals surface area contributed by atoms with Crippen molar-refractivity contribution >= 4 is 73.2 Å². The van der Waals surface area contributed by atoms with Crippen LogP contribution in [0.25, 0.3) is 10.9 Å². The fourth-order valence-corrected chi connectivity index (χ4v) is 3.37.